The summed E-state index contributed by atoms with van der Waals surface area (Å²) in [5.74, 6) is 2.78. The standard InChI is InChI=1S/C18H24N4O2S/c1-12(2)15-6-4-5-7-16(15)22-18-10-17(19-13(3)20-18)21-14-8-9-25(23,24)11-14/h4-7,10,12,14H,8-9,11H2,1-3H3,(H2,19,20,21,22). The molecular weight excluding hydrogens is 336 g/mol. The molecule has 1 atom stereocenters. The summed E-state index contributed by atoms with van der Waals surface area (Å²) in [5.41, 5.74) is 2.24. The van der Waals surface area contributed by atoms with E-state index < -0.39 is 9.84 Å². The average Bonchev–Trinajstić information content (AvgIpc) is 2.85. The fourth-order valence-corrected chi connectivity index (χ4v) is 4.75. The van der Waals surface area contributed by atoms with Crippen molar-refractivity contribution in [2.45, 2.75) is 39.2 Å². The molecule has 2 N–H and O–H groups in total. The molecule has 0 radical (unpaired) electrons. The highest BCUT2D eigenvalue weighted by Gasteiger charge is 2.28. The maximum Gasteiger partial charge on any atom is 0.152 e. The van der Waals surface area contributed by atoms with Crippen LogP contribution in [-0.4, -0.2) is 35.9 Å². The second-order valence-corrected chi connectivity index (χ2v) is 9.03. The first-order valence-corrected chi connectivity index (χ1v) is 10.3. The normalized spacial score (nSPS) is 19.1. The van der Waals surface area contributed by atoms with E-state index in [0.29, 0.717) is 29.8 Å². The summed E-state index contributed by atoms with van der Waals surface area (Å²) in [6.45, 7) is 6.13. The lowest BCUT2D eigenvalue weighted by molar-refractivity contribution is 0.602. The van der Waals surface area contributed by atoms with E-state index in [1.807, 2.05) is 31.2 Å². The van der Waals surface area contributed by atoms with Gasteiger partial charge in [0, 0.05) is 17.8 Å². The van der Waals surface area contributed by atoms with Crippen LogP contribution in [0.3, 0.4) is 0 Å². The van der Waals surface area contributed by atoms with Crippen molar-refractivity contribution in [1.29, 1.82) is 0 Å². The Morgan fingerprint density at radius 1 is 1.16 bits per heavy atom. The van der Waals surface area contributed by atoms with Gasteiger partial charge in [0.1, 0.15) is 17.5 Å². The van der Waals surface area contributed by atoms with Crippen LogP contribution in [0, 0.1) is 6.92 Å². The van der Waals surface area contributed by atoms with E-state index in [9.17, 15) is 8.42 Å². The molecule has 7 heteroatoms. The first-order chi connectivity index (χ1) is 11.8. The highest BCUT2D eigenvalue weighted by molar-refractivity contribution is 7.91. The van der Waals surface area contributed by atoms with E-state index in [1.165, 1.54) is 5.56 Å². The van der Waals surface area contributed by atoms with Crippen LogP contribution in [0.25, 0.3) is 0 Å². The summed E-state index contributed by atoms with van der Waals surface area (Å²) in [6, 6.07) is 9.89. The number of hydrogen-bond acceptors (Lipinski definition) is 6. The third-order valence-electron chi connectivity index (χ3n) is 4.27. The van der Waals surface area contributed by atoms with Crippen LogP contribution in [0.4, 0.5) is 17.3 Å². The average molecular weight is 360 g/mol. The van der Waals surface area contributed by atoms with Gasteiger partial charge in [0.2, 0.25) is 0 Å². The first-order valence-electron chi connectivity index (χ1n) is 8.51. The Hall–Kier alpha value is -2.15. The second-order valence-electron chi connectivity index (χ2n) is 6.80. The van der Waals surface area contributed by atoms with Crippen molar-refractivity contribution in [2.75, 3.05) is 22.1 Å². The number of sulfone groups is 1. The molecule has 0 bridgehead atoms. The van der Waals surface area contributed by atoms with E-state index in [1.54, 1.807) is 0 Å². The maximum atomic E-state index is 11.6. The van der Waals surface area contributed by atoms with Crippen molar-refractivity contribution in [3.8, 4) is 0 Å². The molecule has 0 amide bonds. The number of benzene rings is 1. The summed E-state index contributed by atoms with van der Waals surface area (Å²) >= 11 is 0. The van der Waals surface area contributed by atoms with Crippen LogP contribution in [-0.2, 0) is 9.84 Å². The molecule has 1 aliphatic rings. The van der Waals surface area contributed by atoms with E-state index in [0.717, 1.165) is 5.69 Å². The van der Waals surface area contributed by atoms with Gasteiger partial charge in [-0.1, -0.05) is 32.0 Å². The first kappa shape index (κ1) is 17.7. The minimum Gasteiger partial charge on any atom is -0.366 e. The summed E-state index contributed by atoms with van der Waals surface area (Å²) in [6.07, 6.45) is 0.615. The molecule has 1 unspecified atom stereocenters. The third-order valence-corrected chi connectivity index (χ3v) is 6.04. The van der Waals surface area contributed by atoms with Gasteiger partial charge in [-0.25, -0.2) is 18.4 Å². The van der Waals surface area contributed by atoms with Crippen LogP contribution in [0.2, 0.25) is 0 Å². The van der Waals surface area contributed by atoms with Crippen LogP contribution >= 0.6 is 0 Å². The quantitative estimate of drug-likeness (QED) is 0.851. The summed E-state index contributed by atoms with van der Waals surface area (Å²) < 4.78 is 23.2. The number of aromatic nitrogens is 2. The highest BCUT2D eigenvalue weighted by atomic mass is 32.2. The number of anilines is 3. The molecule has 0 saturated carbocycles. The predicted molar refractivity (Wildman–Crippen MR) is 101 cm³/mol. The van der Waals surface area contributed by atoms with Gasteiger partial charge in [-0.15, -0.1) is 0 Å². The van der Waals surface area contributed by atoms with Gasteiger partial charge in [-0.05, 0) is 30.9 Å². The lowest BCUT2D eigenvalue weighted by atomic mass is 10.0. The van der Waals surface area contributed by atoms with Crippen molar-refractivity contribution in [3.63, 3.8) is 0 Å². The zero-order valence-electron chi connectivity index (χ0n) is 14.8. The van der Waals surface area contributed by atoms with E-state index in [-0.39, 0.29) is 17.5 Å². The van der Waals surface area contributed by atoms with E-state index in [2.05, 4.69) is 40.5 Å². The molecule has 1 fully saturated rings. The number of rotatable bonds is 5. The van der Waals surface area contributed by atoms with Gasteiger partial charge in [-0.3, -0.25) is 0 Å². The lowest BCUT2D eigenvalue weighted by Crippen LogP contribution is -2.21. The molecule has 6 nitrogen and oxygen atoms in total. The fourth-order valence-electron chi connectivity index (χ4n) is 3.08. The van der Waals surface area contributed by atoms with Crippen molar-refractivity contribution in [3.05, 3.63) is 41.7 Å². The minimum absolute atomic E-state index is 0.0879. The molecule has 2 aromatic rings. The monoisotopic (exact) mass is 360 g/mol. The predicted octanol–water partition coefficient (Wildman–Crippen LogP) is 3.25. The zero-order chi connectivity index (χ0) is 18.0. The lowest BCUT2D eigenvalue weighted by Gasteiger charge is -2.16. The van der Waals surface area contributed by atoms with Gasteiger partial charge in [0.05, 0.1) is 11.5 Å². The number of hydrogen-bond donors (Lipinski definition) is 2. The number of aryl methyl sites for hydroxylation is 1. The van der Waals surface area contributed by atoms with Crippen molar-refractivity contribution < 1.29 is 8.42 Å². The molecule has 3 rings (SSSR count). The topological polar surface area (TPSA) is 84.0 Å². The Balaban J connectivity index is 1.81. The summed E-state index contributed by atoms with van der Waals surface area (Å²) in [7, 11) is -2.92. The number of para-hydroxylation sites is 1. The van der Waals surface area contributed by atoms with Gasteiger partial charge in [0.15, 0.2) is 9.84 Å². The van der Waals surface area contributed by atoms with Crippen LogP contribution < -0.4 is 10.6 Å². The third kappa shape index (κ3) is 4.48. The van der Waals surface area contributed by atoms with E-state index in [4.69, 9.17) is 0 Å². The Bertz CT molecular complexity index is 865. The minimum atomic E-state index is -2.92. The van der Waals surface area contributed by atoms with Crippen LogP contribution in [0.5, 0.6) is 0 Å². The van der Waals surface area contributed by atoms with Gasteiger partial charge < -0.3 is 10.6 Å². The van der Waals surface area contributed by atoms with Gasteiger partial charge in [-0.2, -0.15) is 0 Å². The molecule has 134 valence electrons. The molecule has 1 aromatic heterocycles. The molecule has 25 heavy (non-hydrogen) atoms. The molecule has 2 heterocycles. The van der Waals surface area contributed by atoms with Crippen molar-refractivity contribution >= 4 is 27.2 Å². The summed E-state index contributed by atoms with van der Waals surface area (Å²) in [4.78, 5) is 8.84. The number of nitrogens with zero attached hydrogens (tertiary/aromatic N) is 2. The van der Waals surface area contributed by atoms with Gasteiger partial charge >= 0.3 is 0 Å². The fraction of sp³-hybridized carbons (Fsp3) is 0.444. The summed E-state index contributed by atoms with van der Waals surface area (Å²) in [5, 5.41) is 6.60. The Kier molecular flexibility index (Phi) is 4.94. The molecular formula is C18H24N4O2S. The molecule has 0 aliphatic carbocycles. The number of nitrogens with one attached hydrogen (secondary N) is 2. The molecule has 1 aromatic carbocycles. The second kappa shape index (κ2) is 7.00. The SMILES string of the molecule is Cc1nc(Nc2ccccc2C(C)C)cc(NC2CCS(=O)(=O)C2)n1. The largest absolute Gasteiger partial charge is 0.366 e. The van der Waals surface area contributed by atoms with Crippen LogP contribution in [0.15, 0.2) is 30.3 Å². The van der Waals surface area contributed by atoms with Crippen molar-refractivity contribution in [2.24, 2.45) is 0 Å². The molecule has 1 saturated heterocycles. The zero-order valence-corrected chi connectivity index (χ0v) is 15.6. The Morgan fingerprint density at radius 2 is 1.88 bits per heavy atom. The molecule has 0 spiro atoms. The Labute approximate surface area is 149 Å². The van der Waals surface area contributed by atoms with Gasteiger partial charge in [0.25, 0.3) is 0 Å². The maximum absolute atomic E-state index is 11.6. The highest BCUT2D eigenvalue weighted by Crippen LogP contribution is 2.27. The van der Waals surface area contributed by atoms with E-state index >= 15 is 0 Å². The smallest absolute Gasteiger partial charge is 0.152 e. The Morgan fingerprint density at radius 3 is 2.56 bits per heavy atom. The van der Waals surface area contributed by atoms with Crippen LogP contribution in [0.1, 0.15) is 37.6 Å². The molecule has 1 aliphatic heterocycles. The van der Waals surface area contributed by atoms with Crippen molar-refractivity contribution in [1.82, 2.24) is 9.97 Å².